The third-order valence-electron chi connectivity index (χ3n) is 2.51. The second-order valence-electron chi connectivity index (χ2n) is 3.49. The molecule has 0 bridgehead atoms. The van der Waals surface area contributed by atoms with Gasteiger partial charge < -0.3 is 15.0 Å². The van der Waals surface area contributed by atoms with Crippen molar-refractivity contribution in [1.29, 1.82) is 0 Å². The fourth-order valence-corrected chi connectivity index (χ4v) is 2.01. The Morgan fingerprint density at radius 3 is 2.33 bits per heavy atom. The van der Waals surface area contributed by atoms with E-state index in [9.17, 15) is 0 Å². The zero-order valence-electron chi connectivity index (χ0n) is 10.4. The van der Waals surface area contributed by atoms with E-state index in [2.05, 4.69) is 31.0 Å². The zero-order valence-corrected chi connectivity index (χ0v) is 11.2. The lowest BCUT2D eigenvalue weighted by Crippen LogP contribution is -2.47. The maximum atomic E-state index is 5.36. The van der Waals surface area contributed by atoms with Gasteiger partial charge in [0.2, 0.25) is 0 Å². The van der Waals surface area contributed by atoms with Crippen LogP contribution in [0.1, 0.15) is 33.6 Å². The van der Waals surface area contributed by atoms with Crippen LogP contribution in [-0.4, -0.2) is 42.9 Å². The van der Waals surface area contributed by atoms with Crippen LogP contribution in [0, 0.1) is 0 Å². The van der Waals surface area contributed by atoms with E-state index >= 15 is 0 Å². The monoisotopic (exact) mass is 232 g/mol. The highest BCUT2D eigenvalue weighted by molar-refractivity contribution is 7.80. The van der Waals surface area contributed by atoms with Crippen molar-refractivity contribution in [1.82, 2.24) is 10.2 Å². The van der Waals surface area contributed by atoms with Gasteiger partial charge in [0, 0.05) is 26.2 Å². The van der Waals surface area contributed by atoms with Gasteiger partial charge >= 0.3 is 0 Å². The Hall–Kier alpha value is -0.350. The smallest absolute Gasteiger partial charge is 0.169 e. The van der Waals surface area contributed by atoms with Gasteiger partial charge in [-0.05, 0) is 32.0 Å². The predicted molar refractivity (Wildman–Crippen MR) is 69.2 cm³/mol. The Labute approximate surface area is 99.2 Å². The van der Waals surface area contributed by atoms with E-state index in [1.807, 2.05) is 0 Å². The number of methoxy groups -OCH3 is 1. The Kier molecular flexibility index (Phi) is 8.71. The lowest BCUT2D eigenvalue weighted by molar-refractivity contribution is 0.158. The molecule has 0 heterocycles. The molecule has 0 aliphatic carbocycles. The zero-order chi connectivity index (χ0) is 11.7. The largest absolute Gasteiger partial charge is 0.383 e. The molecule has 90 valence electrons. The maximum absolute atomic E-state index is 5.36. The standard InChI is InChI=1S/C11H24N2OS/c1-5-10(6-2)13(8-9-14-4)11(15)12-7-3/h10H,5-9H2,1-4H3,(H,12,15). The van der Waals surface area contributed by atoms with Crippen molar-refractivity contribution in [3.63, 3.8) is 0 Å². The van der Waals surface area contributed by atoms with Crippen LogP contribution in [0.3, 0.4) is 0 Å². The van der Waals surface area contributed by atoms with Crippen LogP contribution in [0.15, 0.2) is 0 Å². The second kappa shape index (κ2) is 8.92. The number of thiocarbonyl (C=S) groups is 1. The summed E-state index contributed by atoms with van der Waals surface area (Å²) in [7, 11) is 1.72. The first kappa shape index (κ1) is 14.6. The summed E-state index contributed by atoms with van der Waals surface area (Å²) in [4.78, 5) is 2.24. The molecule has 0 saturated carbocycles. The average Bonchev–Trinajstić information content (AvgIpc) is 2.24. The minimum absolute atomic E-state index is 0.520. The first-order valence-electron chi connectivity index (χ1n) is 5.74. The molecule has 4 heteroatoms. The van der Waals surface area contributed by atoms with E-state index < -0.39 is 0 Å². The van der Waals surface area contributed by atoms with Crippen LogP contribution < -0.4 is 5.32 Å². The number of hydrogen-bond acceptors (Lipinski definition) is 2. The molecule has 0 unspecified atom stereocenters. The van der Waals surface area contributed by atoms with E-state index in [1.165, 1.54) is 0 Å². The highest BCUT2D eigenvalue weighted by atomic mass is 32.1. The van der Waals surface area contributed by atoms with Crippen LogP contribution in [-0.2, 0) is 4.74 Å². The topological polar surface area (TPSA) is 24.5 Å². The van der Waals surface area contributed by atoms with E-state index in [4.69, 9.17) is 17.0 Å². The molecule has 0 aliphatic heterocycles. The van der Waals surface area contributed by atoms with E-state index in [-0.39, 0.29) is 0 Å². The first-order valence-corrected chi connectivity index (χ1v) is 6.15. The molecule has 3 nitrogen and oxygen atoms in total. The van der Waals surface area contributed by atoms with Crippen LogP contribution in [0.2, 0.25) is 0 Å². The molecule has 0 aliphatic rings. The summed E-state index contributed by atoms with van der Waals surface area (Å²) in [5.74, 6) is 0. The van der Waals surface area contributed by atoms with Crippen LogP contribution in [0.25, 0.3) is 0 Å². The van der Waals surface area contributed by atoms with Gasteiger partial charge in [-0.25, -0.2) is 0 Å². The molecule has 1 N–H and O–H groups in total. The average molecular weight is 232 g/mol. The minimum atomic E-state index is 0.520. The van der Waals surface area contributed by atoms with Crippen molar-refractivity contribution in [2.75, 3.05) is 26.8 Å². The van der Waals surface area contributed by atoms with Gasteiger partial charge in [0.25, 0.3) is 0 Å². The lowest BCUT2D eigenvalue weighted by atomic mass is 10.1. The number of rotatable bonds is 7. The predicted octanol–water partition coefficient (Wildman–Crippen LogP) is 2.02. The lowest BCUT2D eigenvalue weighted by Gasteiger charge is -2.32. The number of hydrogen-bond donors (Lipinski definition) is 1. The third kappa shape index (κ3) is 5.33. The Morgan fingerprint density at radius 2 is 1.93 bits per heavy atom. The summed E-state index contributed by atoms with van der Waals surface area (Å²) >= 11 is 5.36. The number of ether oxygens (including phenoxy) is 1. The molecule has 0 aromatic rings. The molecule has 0 radical (unpaired) electrons. The molecular weight excluding hydrogens is 208 g/mol. The molecular formula is C11H24N2OS. The van der Waals surface area contributed by atoms with Gasteiger partial charge in [-0.2, -0.15) is 0 Å². The highest BCUT2D eigenvalue weighted by Gasteiger charge is 2.16. The summed E-state index contributed by atoms with van der Waals surface area (Å²) < 4.78 is 5.11. The molecule has 0 amide bonds. The summed E-state index contributed by atoms with van der Waals surface area (Å²) in [5, 5.41) is 4.06. The number of nitrogens with zero attached hydrogens (tertiary/aromatic N) is 1. The first-order chi connectivity index (χ1) is 7.21. The van der Waals surface area contributed by atoms with Crippen molar-refractivity contribution in [2.24, 2.45) is 0 Å². The van der Waals surface area contributed by atoms with E-state index in [0.29, 0.717) is 6.04 Å². The Bertz CT molecular complexity index is 172. The Morgan fingerprint density at radius 1 is 1.33 bits per heavy atom. The molecule has 0 rings (SSSR count). The van der Waals surface area contributed by atoms with Crippen LogP contribution in [0.5, 0.6) is 0 Å². The molecule has 0 spiro atoms. The van der Waals surface area contributed by atoms with Gasteiger partial charge in [-0.15, -0.1) is 0 Å². The van der Waals surface area contributed by atoms with Crippen LogP contribution in [0.4, 0.5) is 0 Å². The highest BCUT2D eigenvalue weighted by Crippen LogP contribution is 2.08. The normalized spacial score (nSPS) is 10.5. The van der Waals surface area contributed by atoms with Crippen molar-refractivity contribution in [3.05, 3.63) is 0 Å². The van der Waals surface area contributed by atoms with Crippen molar-refractivity contribution in [2.45, 2.75) is 39.7 Å². The maximum Gasteiger partial charge on any atom is 0.169 e. The summed E-state index contributed by atoms with van der Waals surface area (Å²) in [5.41, 5.74) is 0. The van der Waals surface area contributed by atoms with Gasteiger partial charge in [0.15, 0.2) is 5.11 Å². The molecule has 0 aromatic carbocycles. The SMILES string of the molecule is CCNC(=S)N(CCOC)C(CC)CC. The molecule has 0 aromatic heterocycles. The van der Waals surface area contributed by atoms with Crippen LogP contribution >= 0.6 is 12.2 Å². The van der Waals surface area contributed by atoms with E-state index in [1.54, 1.807) is 7.11 Å². The van der Waals surface area contributed by atoms with Crippen molar-refractivity contribution < 1.29 is 4.74 Å². The minimum Gasteiger partial charge on any atom is -0.383 e. The molecule has 0 fully saturated rings. The molecule has 0 saturated heterocycles. The fraction of sp³-hybridized carbons (Fsp3) is 0.909. The van der Waals surface area contributed by atoms with E-state index in [0.717, 1.165) is 37.7 Å². The summed E-state index contributed by atoms with van der Waals surface area (Å²) in [6.45, 7) is 8.93. The summed E-state index contributed by atoms with van der Waals surface area (Å²) in [6, 6.07) is 0.520. The van der Waals surface area contributed by atoms with Crippen molar-refractivity contribution >= 4 is 17.3 Å². The molecule has 15 heavy (non-hydrogen) atoms. The van der Waals surface area contributed by atoms with Gasteiger partial charge in [0.05, 0.1) is 6.61 Å². The van der Waals surface area contributed by atoms with Gasteiger partial charge in [-0.3, -0.25) is 0 Å². The Balaban J connectivity index is 4.33. The quantitative estimate of drug-likeness (QED) is 0.679. The molecule has 0 atom stereocenters. The third-order valence-corrected chi connectivity index (χ3v) is 2.89. The fourth-order valence-electron chi connectivity index (χ4n) is 1.62. The number of nitrogens with one attached hydrogen (secondary N) is 1. The van der Waals surface area contributed by atoms with Gasteiger partial charge in [0.1, 0.15) is 0 Å². The van der Waals surface area contributed by atoms with Gasteiger partial charge in [-0.1, -0.05) is 13.8 Å². The second-order valence-corrected chi connectivity index (χ2v) is 3.88. The summed E-state index contributed by atoms with van der Waals surface area (Å²) in [6.07, 6.45) is 2.23. The van der Waals surface area contributed by atoms with Crippen molar-refractivity contribution in [3.8, 4) is 0 Å².